The number of thiazole rings is 1. The maximum atomic E-state index is 12.2. The van der Waals surface area contributed by atoms with Crippen molar-refractivity contribution >= 4 is 33.3 Å². The van der Waals surface area contributed by atoms with Gasteiger partial charge in [-0.25, -0.2) is 4.98 Å². The molecule has 0 aliphatic carbocycles. The van der Waals surface area contributed by atoms with Gasteiger partial charge in [-0.3, -0.25) is 15.1 Å². The van der Waals surface area contributed by atoms with Gasteiger partial charge in [0.05, 0.1) is 5.69 Å². The molecule has 4 aromatic rings. The summed E-state index contributed by atoms with van der Waals surface area (Å²) in [6, 6.07) is 11.5. The molecule has 0 bridgehead atoms. The van der Waals surface area contributed by atoms with Crippen LogP contribution in [0.2, 0.25) is 0 Å². The summed E-state index contributed by atoms with van der Waals surface area (Å²) in [6.07, 6.45) is 3.19. The highest BCUT2D eigenvalue weighted by Crippen LogP contribution is 2.33. The Labute approximate surface area is 142 Å². The lowest BCUT2D eigenvalue weighted by atomic mass is 10.1. The molecular formula is C18H14N4OS. The molecule has 6 heteroatoms. The van der Waals surface area contributed by atoms with Gasteiger partial charge in [0.25, 0.3) is 5.91 Å². The van der Waals surface area contributed by atoms with Crippen LogP contribution in [0.5, 0.6) is 0 Å². The Bertz CT molecular complexity index is 1020. The van der Waals surface area contributed by atoms with E-state index in [1.807, 2.05) is 30.5 Å². The number of hydrogen-bond donors (Lipinski definition) is 2. The quantitative estimate of drug-likeness (QED) is 0.588. The van der Waals surface area contributed by atoms with Crippen molar-refractivity contribution in [1.82, 2.24) is 15.0 Å². The highest BCUT2D eigenvalue weighted by Gasteiger charge is 2.14. The summed E-state index contributed by atoms with van der Waals surface area (Å²) in [4.78, 5) is 24.1. The molecule has 0 atom stereocenters. The van der Waals surface area contributed by atoms with Gasteiger partial charge in [0.15, 0.2) is 5.13 Å². The number of benzene rings is 1. The van der Waals surface area contributed by atoms with Crippen LogP contribution in [0.3, 0.4) is 0 Å². The van der Waals surface area contributed by atoms with E-state index in [0.717, 1.165) is 27.9 Å². The number of fused-ring (bicyclic) bond motifs is 1. The second-order valence-corrected chi connectivity index (χ2v) is 6.26. The first-order valence-electron chi connectivity index (χ1n) is 7.47. The first-order chi connectivity index (χ1) is 11.7. The molecule has 0 aliphatic rings. The lowest BCUT2D eigenvalue weighted by Crippen LogP contribution is -2.11. The number of hydrogen-bond acceptors (Lipinski definition) is 4. The minimum absolute atomic E-state index is 0.186. The van der Waals surface area contributed by atoms with E-state index in [1.165, 1.54) is 11.3 Å². The summed E-state index contributed by atoms with van der Waals surface area (Å²) in [5.41, 5.74) is 4.64. The molecule has 4 rings (SSSR count). The van der Waals surface area contributed by atoms with Crippen LogP contribution in [-0.2, 0) is 0 Å². The normalized spacial score (nSPS) is 10.9. The summed E-state index contributed by atoms with van der Waals surface area (Å²) in [6.45, 7) is 2.03. The molecule has 2 N–H and O–H groups in total. The minimum atomic E-state index is -0.186. The first-order valence-corrected chi connectivity index (χ1v) is 8.35. The number of carbonyl (C=O) groups is 1. The maximum absolute atomic E-state index is 12.2. The van der Waals surface area contributed by atoms with E-state index in [-0.39, 0.29) is 5.91 Å². The van der Waals surface area contributed by atoms with Crippen LogP contribution < -0.4 is 5.32 Å². The molecule has 0 saturated heterocycles. The van der Waals surface area contributed by atoms with Gasteiger partial charge in [-0.1, -0.05) is 18.2 Å². The molecule has 0 spiro atoms. The van der Waals surface area contributed by atoms with Gasteiger partial charge in [-0.05, 0) is 25.1 Å². The van der Waals surface area contributed by atoms with E-state index in [1.54, 1.807) is 24.5 Å². The van der Waals surface area contributed by atoms with Crippen LogP contribution in [0.4, 0.5) is 5.13 Å². The summed E-state index contributed by atoms with van der Waals surface area (Å²) >= 11 is 1.42. The molecule has 3 heterocycles. The fourth-order valence-corrected chi connectivity index (χ4v) is 3.42. The van der Waals surface area contributed by atoms with Crippen LogP contribution in [0, 0.1) is 6.92 Å². The number of aryl methyl sites for hydroxylation is 1. The summed E-state index contributed by atoms with van der Waals surface area (Å²) in [5, 5.41) is 6.51. The number of carbonyl (C=O) groups excluding carboxylic acids is 1. The number of anilines is 1. The fourth-order valence-electron chi connectivity index (χ4n) is 2.73. The van der Waals surface area contributed by atoms with E-state index < -0.39 is 0 Å². The highest BCUT2D eigenvalue weighted by atomic mass is 32.1. The molecule has 0 radical (unpaired) electrons. The maximum Gasteiger partial charge on any atom is 0.257 e. The molecule has 0 aliphatic heterocycles. The van der Waals surface area contributed by atoms with Crippen molar-refractivity contribution in [2.75, 3.05) is 5.32 Å². The third-order valence-electron chi connectivity index (χ3n) is 3.82. The third-order valence-corrected chi connectivity index (χ3v) is 4.57. The molecule has 24 heavy (non-hydrogen) atoms. The number of aromatic nitrogens is 3. The average molecular weight is 334 g/mol. The number of para-hydroxylation sites is 1. The second kappa shape index (κ2) is 5.90. The molecule has 1 amide bonds. The van der Waals surface area contributed by atoms with Crippen molar-refractivity contribution in [1.29, 1.82) is 0 Å². The summed E-state index contributed by atoms with van der Waals surface area (Å²) in [7, 11) is 0. The van der Waals surface area contributed by atoms with Crippen LogP contribution >= 0.6 is 11.3 Å². The van der Waals surface area contributed by atoms with Gasteiger partial charge in [0, 0.05) is 45.5 Å². The number of H-pyrrole nitrogens is 1. The van der Waals surface area contributed by atoms with Gasteiger partial charge in [0.2, 0.25) is 0 Å². The number of rotatable bonds is 3. The molecule has 0 unspecified atom stereocenters. The topological polar surface area (TPSA) is 70.7 Å². The Kier molecular flexibility index (Phi) is 3.59. The predicted molar refractivity (Wildman–Crippen MR) is 96.3 cm³/mol. The van der Waals surface area contributed by atoms with Crippen molar-refractivity contribution < 1.29 is 4.79 Å². The van der Waals surface area contributed by atoms with Crippen molar-refractivity contribution in [3.63, 3.8) is 0 Å². The Morgan fingerprint density at radius 2 is 1.96 bits per heavy atom. The Balaban J connectivity index is 1.65. The van der Waals surface area contributed by atoms with Gasteiger partial charge in [-0.15, -0.1) is 11.3 Å². The van der Waals surface area contributed by atoms with Gasteiger partial charge >= 0.3 is 0 Å². The van der Waals surface area contributed by atoms with Crippen LogP contribution in [-0.4, -0.2) is 20.9 Å². The zero-order valence-electron chi connectivity index (χ0n) is 12.9. The number of nitrogens with one attached hydrogen (secondary N) is 2. The molecule has 0 saturated carbocycles. The van der Waals surface area contributed by atoms with Gasteiger partial charge in [0.1, 0.15) is 0 Å². The highest BCUT2D eigenvalue weighted by molar-refractivity contribution is 7.14. The third kappa shape index (κ3) is 2.57. The predicted octanol–water partition coefficient (Wildman–Crippen LogP) is 4.25. The number of amides is 1. The van der Waals surface area contributed by atoms with Crippen LogP contribution in [0.1, 0.15) is 16.1 Å². The van der Waals surface area contributed by atoms with Crippen molar-refractivity contribution in [3.05, 3.63) is 65.4 Å². The Morgan fingerprint density at radius 3 is 2.79 bits per heavy atom. The van der Waals surface area contributed by atoms with Crippen molar-refractivity contribution in [2.45, 2.75) is 6.92 Å². The van der Waals surface area contributed by atoms with Crippen LogP contribution in [0.25, 0.3) is 22.2 Å². The fraction of sp³-hybridized carbons (Fsp3) is 0.0556. The van der Waals surface area contributed by atoms with E-state index in [9.17, 15) is 4.79 Å². The first kappa shape index (κ1) is 14.6. The monoisotopic (exact) mass is 334 g/mol. The summed E-state index contributed by atoms with van der Waals surface area (Å²) in [5.74, 6) is -0.186. The molecule has 5 nitrogen and oxygen atoms in total. The summed E-state index contributed by atoms with van der Waals surface area (Å²) < 4.78 is 0. The molecule has 3 aromatic heterocycles. The lowest BCUT2D eigenvalue weighted by molar-refractivity contribution is 0.102. The zero-order valence-corrected chi connectivity index (χ0v) is 13.7. The second-order valence-electron chi connectivity index (χ2n) is 5.40. The Morgan fingerprint density at radius 1 is 1.17 bits per heavy atom. The number of aromatic amines is 1. The Hall–Kier alpha value is -2.99. The average Bonchev–Trinajstić information content (AvgIpc) is 3.18. The number of pyridine rings is 1. The smallest absolute Gasteiger partial charge is 0.257 e. The molecule has 0 fully saturated rings. The van der Waals surface area contributed by atoms with Crippen molar-refractivity contribution in [3.8, 4) is 11.3 Å². The standard InChI is InChI=1S/C18H14N4OS/c1-11-16(13-4-2-3-5-14(13)20-11)15-10-24-18(21-15)22-17(23)12-6-8-19-9-7-12/h2-10,20H,1H3,(H,21,22,23). The zero-order chi connectivity index (χ0) is 16.5. The largest absolute Gasteiger partial charge is 0.358 e. The van der Waals surface area contributed by atoms with Gasteiger partial charge in [-0.2, -0.15) is 0 Å². The van der Waals surface area contributed by atoms with Crippen molar-refractivity contribution in [2.24, 2.45) is 0 Å². The molecule has 118 valence electrons. The van der Waals surface area contributed by atoms with Crippen LogP contribution in [0.15, 0.2) is 54.2 Å². The molecular weight excluding hydrogens is 320 g/mol. The van der Waals surface area contributed by atoms with E-state index in [0.29, 0.717) is 10.7 Å². The lowest BCUT2D eigenvalue weighted by Gasteiger charge is -2.01. The number of nitrogens with zero attached hydrogens (tertiary/aromatic N) is 2. The van der Waals surface area contributed by atoms with E-state index >= 15 is 0 Å². The van der Waals surface area contributed by atoms with Gasteiger partial charge < -0.3 is 4.98 Å². The molecule has 1 aromatic carbocycles. The minimum Gasteiger partial charge on any atom is -0.358 e. The van der Waals surface area contributed by atoms with E-state index in [4.69, 9.17) is 0 Å². The van der Waals surface area contributed by atoms with E-state index in [2.05, 4.69) is 26.3 Å². The SMILES string of the molecule is Cc1[nH]c2ccccc2c1-c1csc(NC(=O)c2ccncc2)n1.